The highest BCUT2D eigenvalue weighted by Crippen LogP contribution is 2.08. The van der Waals surface area contributed by atoms with Crippen molar-refractivity contribution in [3.8, 4) is 0 Å². The van der Waals surface area contributed by atoms with Crippen molar-refractivity contribution in [1.82, 2.24) is 0 Å². The predicted octanol–water partition coefficient (Wildman–Crippen LogP) is 1.13. The maximum absolute atomic E-state index is 10.6. The van der Waals surface area contributed by atoms with Gasteiger partial charge in [-0.25, -0.2) is 4.79 Å². The second kappa shape index (κ2) is 5.24. The Bertz CT molecular complexity index is 315. The summed E-state index contributed by atoms with van der Waals surface area (Å²) in [6.45, 7) is 0.311. The van der Waals surface area contributed by atoms with Gasteiger partial charge in [0.05, 0.1) is 6.61 Å². The third-order valence-electron chi connectivity index (χ3n) is 1.34. The highest BCUT2D eigenvalue weighted by atomic mass is 32.1. The predicted molar refractivity (Wildman–Crippen MR) is 48.7 cm³/mol. The minimum atomic E-state index is -0.626. The van der Waals surface area contributed by atoms with Crippen molar-refractivity contribution in [2.75, 3.05) is 6.61 Å². The first-order chi connectivity index (χ1) is 6.33. The lowest BCUT2D eigenvalue weighted by atomic mass is 10.4. The molecule has 0 bridgehead atoms. The molecule has 0 unspecified atom stereocenters. The SMILES string of the molecule is [N-]=[N+]=CC(=O)OCCc1cccs1. The van der Waals surface area contributed by atoms with Crippen molar-refractivity contribution in [2.45, 2.75) is 6.42 Å². The number of thiophene rings is 1. The number of hydrogen-bond donors (Lipinski definition) is 0. The highest BCUT2D eigenvalue weighted by Gasteiger charge is 2.02. The molecule has 0 spiro atoms. The van der Waals surface area contributed by atoms with Crippen molar-refractivity contribution in [3.05, 3.63) is 27.9 Å². The van der Waals surface area contributed by atoms with E-state index in [1.807, 2.05) is 17.5 Å². The van der Waals surface area contributed by atoms with E-state index >= 15 is 0 Å². The van der Waals surface area contributed by atoms with E-state index in [1.54, 1.807) is 11.3 Å². The van der Waals surface area contributed by atoms with E-state index in [9.17, 15) is 4.79 Å². The number of rotatable bonds is 4. The maximum Gasteiger partial charge on any atom is 0.413 e. The van der Waals surface area contributed by atoms with Gasteiger partial charge in [-0.2, -0.15) is 4.79 Å². The molecule has 0 saturated carbocycles. The van der Waals surface area contributed by atoms with Crippen LogP contribution in [0, 0.1) is 0 Å². The van der Waals surface area contributed by atoms with Gasteiger partial charge in [0.15, 0.2) is 0 Å². The number of carbonyl (C=O) groups excluding carboxylic acids is 1. The zero-order valence-corrected chi connectivity index (χ0v) is 7.66. The van der Waals surface area contributed by atoms with Gasteiger partial charge in [0.1, 0.15) is 0 Å². The van der Waals surface area contributed by atoms with Gasteiger partial charge in [0.25, 0.3) is 0 Å². The fraction of sp³-hybridized carbons (Fsp3) is 0.250. The molecule has 0 fully saturated rings. The number of esters is 1. The Morgan fingerprint density at radius 2 is 2.62 bits per heavy atom. The zero-order valence-electron chi connectivity index (χ0n) is 6.84. The molecule has 5 heteroatoms. The molecule has 0 N–H and O–H groups in total. The lowest BCUT2D eigenvalue weighted by molar-refractivity contribution is -0.138. The Balaban J connectivity index is 2.21. The quantitative estimate of drug-likeness (QED) is 0.313. The van der Waals surface area contributed by atoms with Crippen LogP contribution in [0.4, 0.5) is 0 Å². The largest absolute Gasteiger partial charge is 0.457 e. The Hall–Kier alpha value is -1.45. The Morgan fingerprint density at radius 1 is 1.77 bits per heavy atom. The topological polar surface area (TPSA) is 62.7 Å². The molecule has 0 amide bonds. The summed E-state index contributed by atoms with van der Waals surface area (Å²) < 4.78 is 4.71. The van der Waals surface area contributed by atoms with Crippen molar-refractivity contribution in [3.63, 3.8) is 0 Å². The smallest absolute Gasteiger partial charge is 0.413 e. The van der Waals surface area contributed by atoms with E-state index in [-0.39, 0.29) is 0 Å². The van der Waals surface area contributed by atoms with Crippen LogP contribution in [-0.4, -0.2) is 23.6 Å². The summed E-state index contributed by atoms with van der Waals surface area (Å²) in [6.07, 6.45) is 1.43. The van der Waals surface area contributed by atoms with E-state index in [4.69, 9.17) is 10.3 Å². The third-order valence-corrected chi connectivity index (χ3v) is 2.27. The standard InChI is InChI=1S/C8H8N2O2S/c9-10-6-8(11)12-4-3-7-2-1-5-13-7/h1-2,5-6H,3-4H2. The van der Waals surface area contributed by atoms with E-state index < -0.39 is 5.97 Å². The first kappa shape index (κ1) is 9.64. The molecule has 1 aromatic rings. The monoisotopic (exact) mass is 196 g/mol. The van der Waals surface area contributed by atoms with Crippen molar-refractivity contribution in [1.29, 1.82) is 0 Å². The normalized spacial score (nSPS) is 8.92. The molecule has 0 aliphatic rings. The third kappa shape index (κ3) is 3.64. The molecular formula is C8H8N2O2S. The Kier molecular flexibility index (Phi) is 3.88. The van der Waals surface area contributed by atoms with E-state index in [1.165, 1.54) is 0 Å². The van der Waals surface area contributed by atoms with Gasteiger partial charge in [0, 0.05) is 11.3 Å². The second-order valence-electron chi connectivity index (χ2n) is 2.24. The van der Waals surface area contributed by atoms with Gasteiger partial charge in [-0.05, 0) is 11.4 Å². The summed E-state index contributed by atoms with van der Waals surface area (Å²) >= 11 is 1.61. The lowest BCUT2D eigenvalue weighted by Gasteiger charge is -1.96. The summed E-state index contributed by atoms with van der Waals surface area (Å²) in [7, 11) is 0. The number of hydrogen-bond acceptors (Lipinski definition) is 3. The minimum Gasteiger partial charge on any atom is -0.457 e. The van der Waals surface area contributed by atoms with Crippen LogP contribution in [0.5, 0.6) is 0 Å². The minimum absolute atomic E-state index is 0.311. The molecule has 1 aromatic heterocycles. The number of carbonyl (C=O) groups is 1. The molecule has 68 valence electrons. The van der Waals surface area contributed by atoms with E-state index in [0.29, 0.717) is 13.0 Å². The first-order valence-corrected chi connectivity index (χ1v) is 4.57. The Morgan fingerprint density at radius 3 is 3.23 bits per heavy atom. The van der Waals surface area contributed by atoms with Gasteiger partial charge in [0.2, 0.25) is 0 Å². The van der Waals surface area contributed by atoms with Gasteiger partial charge >= 0.3 is 12.2 Å². The van der Waals surface area contributed by atoms with Crippen LogP contribution in [0.1, 0.15) is 4.88 Å². The zero-order chi connectivity index (χ0) is 9.52. The second-order valence-corrected chi connectivity index (χ2v) is 3.27. The van der Waals surface area contributed by atoms with Crippen LogP contribution in [0.2, 0.25) is 0 Å². The molecule has 13 heavy (non-hydrogen) atoms. The summed E-state index contributed by atoms with van der Waals surface area (Å²) in [4.78, 5) is 14.4. The molecule has 0 radical (unpaired) electrons. The first-order valence-electron chi connectivity index (χ1n) is 3.69. The molecular weight excluding hydrogens is 188 g/mol. The van der Waals surface area contributed by atoms with Crippen LogP contribution >= 0.6 is 11.3 Å². The average Bonchev–Trinajstić information content (AvgIpc) is 2.57. The maximum atomic E-state index is 10.6. The molecule has 1 rings (SSSR count). The number of nitrogens with zero attached hydrogens (tertiary/aromatic N) is 2. The van der Waals surface area contributed by atoms with Crippen molar-refractivity contribution >= 4 is 23.5 Å². The van der Waals surface area contributed by atoms with Crippen LogP contribution in [0.15, 0.2) is 17.5 Å². The van der Waals surface area contributed by atoms with Gasteiger partial charge in [-0.15, -0.1) is 11.3 Å². The fourth-order valence-corrected chi connectivity index (χ4v) is 1.48. The number of ether oxygens (including phenoxy) is 1. The van der Waals surface area contributed by atoms with Crippen molar-refractivity contribution < 1.29 is 14.3 Å². The van der Waals surface area contributed by atoms with Crippen LogP contribution in [0.3, 0.4) is 0 Å². The summed E-state index contributed by atoms with van der Waals surface area (Å²) in [5, 5.41) is 1.96. The average molecular weight is 196 g/mol. The fourth-order valence-electron chi connectivity index (χ4n) is 0.791. The molecule has 0 saturated heterocycles. The summed E-state index contributed by atoms with van der Waals surface area (Å²) in [5.41, 5.74) is 7.99. The molecule has 0 aliphatic carbocycles. The summed E-state index contributed by atoms with van der Waals surface area (Å²) in [6, 6.07) is 3.91. The van der Waals surface area contributed by atoms with Gasteiger partial charge in [-0.1, -0.05) is 6.07 Å². The molecule has 0 aliphatic heterocycles. The summed E-state index contributed by atoms with van der Waals surface area (Å²) in [5.74, 6) is -0.626. The van der Waals surface area contributed by atoms with Crippen LogP contribution in [-0.2, 0) is 16.0 Å². The Labute approximate surface area is 79.4 Å². The van der Waals surface area contributed by atoms with E-state index in [2.05, 4.69) is 4.79 Å². The lowest BCUT2D eigenvalue weighted by Crippen LogP contribution is -2.08. The van der Waals surface area contributed by atoms with Crippen molar-refractivity contribution in [2.24, 2.45) is 0 Å². The highest BCUT2D eigenvalue weighted by molar-refractivity contribution is 7.09. The van der Waals surface area contributed by atoms with E-state index in [0.717, 1.165) is 11.1 Å². The van der Waals surface area contributed by atoms with Gasteiger partial charge < -0.3 is 10.3 Å². The molecule has 1 heterocycles. The van der Waals surface area contributed by atoms with Crippen LogP contribution in [0.25, 0.3) is 5.53 Å². The van der Waals surface area contributed by atoms with Gasteiger partial charge in [-0.3, -0.25) is 0 Å². The molecule has 0 aromatic carbocycles. The molecule has 4 nitrogen and oxygen atoms in total. The van der Waals surface area contributed by atoms with Crippen LogP contribution < -0.4 is 0 Å². The molecule has 0 atom stereocenters.